The van der Waals surface area contributed by atoms with Crippen LogP contribution in [-0.4, -0.2) is 88.1 Å². The topological polar surface area (TPSA) is 64.5 Å². The van der Waals surface area contributed by atoms with Gasteiger partial charge in [0, 0.05) is 72.1 Å². The quantitative estimate of drug-likeness (QED) is 0.0862. The van der Waals surface area contributed by atoms with E-state index in [1.165, 1.54) is 74.3 Å². The van der Waals surface area contributed by atoms with E-state index < -0.39 is 45.9 Å². The fourth-order valence-electron chi connectivity index (χ4n) is 8.50. The van der Waals surface area contributed by atoms with E-state index in [1.807, 2.05) is 316 Å². The van der Waals surface area contributed by atoms with Crippen LogP contribution < -0.4 is 0 Å². The molecule has 15 aromatic rings. The Bertz CT molecular complexity index is 3740. The molecule has 0 atom stereocenters. The maximum atomic E-state index is 5.73. The fourth-order valence-corrected chi connectivity index (χ4v) is 11.7. The molecule has 108 heavy (non-hydrogen) atoms. The largest absolute Gasteiger partial charge is 0.305 e. The predicted molar refractivity (Wildman–Crippen MR) is 465 cm³/mol. The van der Waals surface area contributed by atoms with Crippen LogP contribution in [-0.2, 0) is 68.2 Å². The van der Waals surface area contributed by atoms with Crippen LogP contribution in [0, 0.1) is 33.9 Å². The SMILES string of the molecule is Brc1ccccc1-c1ccccc1Br.ClI(Cl)c1ccccc1.[Cl][Pt+].[Cl][Pt]([Cl])([Cl])[Cl].[Cl][Pt][Cl].[K][K].[Pt].[c-]1ccccc1-c1[c-]cccc1.[c-]1ccccc1-c1ccccn1.[c-]1ccccc1-c1ccccn1.[c-]1ccccc1-c1ccccn1.c1ccc(-c2ccccn2)cc1.c1ccc(-c2ccccn2)cc1. The number of aromatic nitrogens is 5. The van der Waals surface area contributed by atoms with E-state index in [1.54, 1.807) is 37.4 Å². The summed E-state index contributed by atoms with van der Waals surface area (Å²) in [5, 5.41) is 0. The van der Waals surface area contributed by atoms with Gasteiger partial charge >= 0.3 is 246 Å². The Labute approximate surface area is 779 Å². The maximum Gasteiger partial charge on any atom is 0.0701 e. The Kier molecular flexibility index (Phi) is 60.9. The average Bonchev–Trinajstić information content (AvgIpc) is 0.835. The summed E-state index contributed by atoms with van der Waals surface area (Å²) in [6, 6.07) is 131. The third-order valence-corrected chi connectivity index (χ3v) is 18.3. The Balaban J connectivity index is 0.000000313. The van der Waals surface area contributed by atoms with Gasteiger partial charge in [-0.3, -0.25) is 9.97 Å². The molecule has 0 bridgehead atoms. The van der Waals surface area contributed by atoms with Crippen LogP contribution in [0.15, 0.2) is 392 Å². The molecular weight excluding hydrogens is 2560 g/mol. The van der Waals surface area contributed by atoms with E-state index in [9.17, 15) is 0 Å². The van der Waals surface area contributed by atoms with Crippen molar-refractivity contribution in [2.45, 2.75) is 0 Å². The van der Waals surface area contributed by atoms with Gasteiger partial charge in [0.15, 0.2) is 0 Å². The molecule has 5 heterocycles. The van der Waals surface area contributed by atoms with E-state index in [2.05, 4.69) is 145 Å². The maximum absolute atomic E-state index is 5.73. The van der Waals surface area contributed by atoms with Crippen molar-refractivity contribution in [1.29, 1.82) is 0 Å². The molecule has 0 saturated carbocycles. The number of pyridine rings is 5. The minimum Gasteiger partial charge on any atom is -0.305 e. The first-order chi connectivity index (χ1) is 52.3. The summed E-state index contributed by atoms with van der Waals surface area (Å²) in [6.45, 7) is 0. The molecule has 558 valence electrons. The minimum atomic E-state index is -3.06. The Morgan fingerprint density at radius 2 is 0.519 bits per heavy atom. The van der Waals surface area contributed by atoms with E-state index in [0.717, 1.165) is 79.9 Å². The first kappa shape index (κ1) is 100. The molecule has 0 spiro atoms. The van der Waals surface area contributed by atoms with Gasteiger partial charge in [-0.05, 0) is 82.8 Å². The molecule has 15 rings (SSSR count). The molecule has 0 N–H and O–H groups in total. The molecule has 10 aromatic carbocycles. The van der Waals surface area contributed by atoms with Crippen molar-refractivity contribution in [2.75, 3.05) is 0 Å². The van der Waals surface area contributed by atoms with Gasteiger partial charge in [-0.15, -0.1) is 120 Å². The zero-order valence-electron chi connectivity index (χ0n) is 57.4. The van der Waals surface area contributed by atoms with Crippen molar-refractivity contribution in [1.82, 2.24) is 24.9 Å². The van der Waals surface area contributed by atoms with Crippen molar-refractivity contribution in [2.24, 2.45) is 0 Å². The third kappa shape index (κ3) is 45.5. The first-order valence-electron chi connectivity index (χ1n) is 31.8. The number of nitrogens with zero attached hydrogens (tertiary/aromatic N) is 5. The Morgan fingerprint density at radius 1 is 0.306 bits per heavy atom. The summed E-state index contributed by atoms with van der Waals surface area (Å²) in [5.41, 5.74) is 15.0. The normalized spacial score (nSPS) is 9.73. The summed E-state index contributed by atoms with van der Waals surface area (Å²) in [4.78, 5) is 21.2. The summed E-state index contributed by atoms with van der Waals surface area (Å²) in [5.74, 6) is 0. The molecule has 0 saturated heterocycles. The van der Waals surface area contributed by atoms with Crippen LogP contribution in [0.5, 0.6) is 0 Å². The fraction of sp³-hybridized carbons (Fsp3) is 0. The van der Waals surface area contributed by atoms with Gasteiger partial charge in [0.25, 0.3) is 0 Å². The molecule has 0 amide bonds. The van der Waals surface area contributed by atoms with Crippen molar-refractivity contribution < 1.29 is 68.2 Å². The summed E-state index contributed by atoms with van der Waals surface area (Å²) in [6.07, 6.45) is 8.98. The van der Waals surface area contributed by atoms with Gasteiger partial charge in [0.2, 0.25) is 0 Å². The molecule has 0 aliphatic heterocycles. The third-order valence-electron chi connectivity index (χ3n) is 13.1. The number of hydrogen-bond donors (Lipinski definition) is 0. The smallest absolute Gasteiger partial charge is 0.0701 e. The minimum absolute atomic E-state index is 0. The second-order valence-corrected chi connectivity index (χ2v) is 51.8. The van der Waals surface area contributed by atoms with Crippen LogP contribution in [0.4, 0.5) is 0 Å². The summed E-state index contributed by atoms with van der Waals surface area (Å²) < 4.78 is 3.34. The summed E-state index contributed by atoms with van der Waals surface area (Å²) in [7, 11) is 45.8. The van der Waals surface area contributed by atoms with Crippen molar-refractivity contribution >= 4 is 196 Å². The van der Waals surface area contributed by atoms with Crippen LogP contribution in [0.25, 0.3) is 78.5 Å². The number of benzene rings is 10. The van der Waals surface area contributed by atoms with Gasteiger partial charge in [-0.1, -0.05) is 177 Å². The van der Waals surface area contributed by atoms with E-state index in [0.29, 0.717) is 0 Å². The average molecular weight is 2620 g/mol. The van der Waals surface area contributed by atoms with E-state index in [-0.39, 0.29) is 21.1 Å². The van der Waals surface area contributed by atoms with Gasteiger partial charge in [-0.25, -0.2) is 11.1 Å². The molecule has 5 nitrogen and oxygen atoms in total. The molecular formula is C85H63Br2Cl9IK2N5Pt4-4. The van der Waals surface area contributed by atoms with Gasteiger partial charge < -0.3 is 15.0 Å². The molecule has 0 radical (unpaired) electrons. The zero-order chi connectivity index (χ0) is 77.2. The molecule has 5 aromatic heterocycles. The van der Waals surface area contributed by atoms with Gasteiger partial charge in [-0.2, -0.15) is 48.5 Å². The van der Waals surface area contributed by atoms with Gasteiger partial charge in [0.05, 0.1) is 11.4 Å². The second kappa shape index (κ2) is 65.4. The monoisotopic (exact) mass is 2610 g/mol. The van der Waals surface area contributed by atoms with Crippen molar-refractivity contribution in [3.8, 4) is 78.5 Å². The molecule has 0 aliphatic rings. The second-order valence-electron chi connectivity index (χ2n) is 20.0. The Morgan fingerprint density at radius 3 is 0.731 bits per heavy atom. The number of rotatable bonds is 8. The van der Waals surface area contributed by atoms with E-state index in [4.69, 9.17) is 74.3 Å². The number of halogens is 12. The van der Waals surface area contributed by atoms with Crippen LogP contribution >= 0.6 is 133 Å². The summed E-state index contributed by atoms with van der Waals surface area (Å²) >= 11 is 5.94. The molecule has 23 heteroatoms. The van der Waals surface area contributed by atoms with Crippen LogP contribution in [0.3, 0.4) is 0 Å². The molecule has 0 unspecified atom stereocenters. The molecule has 0 aliphatic carbocycles. The van der Waals surface area contributed by atoms with Crippen molar-refractivity contribution in [3.05, 3.63) is 426 Å². The van der Waals surface area contributed by atoms with Gasteiger partial charge in [0.1, 0.15) is 0 Å². The molecule has 0 fully saturated rings. The standard InChI is InChI=1S/C12H8Br2.C12H8.2C11H9N.3C11H8N.C6H5Cl2I.7ClH.2K.4Pt/c13-11-7-3-1-5-9(11)10-6-2-4-8-12(10)14;1-3-7-11(8-4-1)12-9-5-2-6-10-12;5*1-2-6-10(7-3-1)11-8-4-5-9-12-11;7-9(8)6-4-2-1-3-5-6;;;;;;;;;;;;;/h1-8H;1-7,9H;2*1-9H;3*1-6,8-9H;1-5H;7*1H;;;;;;/q;-2;;;3*-1;;;;;;;;;;;;2*+2;+4/p-7. The number of hydrogen-bond acceptors (Lipinski definition) is 5. The predicted octanol–water partition coefficient (Wildman–Crippen LogP) is 28.7. The van der Waals surface area contributed by atoms with Crippen LogP contribution in [0.1, 0.15) is 0 Å². The first-order valence-corrected chi connectivity index (χ1v) is 75.7. The zero-order valence-corrected chi connectivity index (χ0v) is 84.9. The Hall–Kier alpha value is -1.72. The van der Waals surface area contributed by atoms with Crippen LogP contribution in [0.2, 0.25) is 0 Å². The van der Waals surface area contributed by atoms with Crippen molar-refractivity contribution in [3.63, 3.8) is 0 Å². The van der Waals surface area contributed by atoms with E-state index >= 15 is 0 Å².